The zero-order valence-corrected chi connectivity index (χ0v) is 15.7. The van der Waals surface area contributed by atoms with Crippen molar-refractivity contribution in [1.29, 1.82) is 0 Å². The summed E-state index contributed by atoms with van der Waals surface area (Å²) >= 11 is 0. The molecule has 2 aliphatic rings. The second-order valence-corrected chi connectivity index (χ2v) is 7.34. The van der Waals surface area contributed by atoms with E-state index < -0.39 is 0 Å². The minimum Gasteiger partial charge on any atom is -0.349 e. The van der Waals surface area contributed by atoms with E-state index in [-0.39, 0.29) is 11.7 Å². The van der Waals surface area contributed by atoms with Gasteiger partial charge >= 0.3 is 0 Å². The van der Waals surface area contributed by atoms with Crippen LogP contribution in [0.15, 0.2) is 18.2 Å². The van der Waals surface area contributed by atoms with Crippen LogP contribution in [0.2, 0.25) is 0 Å². The summed E-state index contributed by atoms with van der Waals surface area (Å²) in [6.07, 6.45) is 2.62. The number of fused-ring (bicyclic) bond motifs is 1. The molecule has 2 N–H and O–H groups in total. The van der Waals surface area contributed by atoms with Crippen LogP contribution >= 0.6 is 0 Å². The highest BCUT2D eigenvalue weighted by molar-refractivity contribution is 5.94. The van der Waals surface area contributed by atoms with Gasteiger partial charge in [-0.15, -0.1) is 0 Å². The van der Waals surface area contributed by atoms with Crippen molar-refractivity contribution < 1.29 is 9.18 Å². The third kappa shape index (κ3) is 3.75. The maximum Gasteiger partial charge on any atom is 0.272 e. The number of carbonyl (C=O) groups excluding carboxylic acids is 1. The Morgan fingerprint density at radius 2 is 2.11 bits per heavy atom. The summed E-state index contributed by atoms with van der Waals surface area (Å²) < 4.78 is 16.1. The van der Waals surface area contributed by atoms with Crippen molar-refractivity contribution in [2.75, 3.05) is 39.3 Å². The molecule has 4 rings (SSSR count). The van der Waals surface area contributed by atoms with Crippen LogP contribution in [-0.4, -0.2) is 59.9 Å². The number of halogens is 1. The summed E-state index contributed by atoms with van der Waals surface area (Å²) in [5.41, 5.74) is 3.66. The minimum absolute atomic E-state index is 0.158. The molecule has 1 saturated heterocycles. The molecule has 0 bridgehead atoms. The normalized spacial score (nSPS) is 17.1. The van der Waals surface area contributed by atoms with Gasteiger partial charge in [-0.25, -0.2) is 9.07 Å². The second kappa shape index (κ2) is 7.78. The summed E-state index contributed by atoms with van der Waals surface area (Å²) in [4.78, 5) is 15.1. The van der Waals surface area contributed by atoms with E-state index in [1.165, 1.54) is 6.07 Å². The van der Waals surface area contributed by atoms with Gasteiger partial charge in [0.15, 0.2) is 5.69 Å². The quantitative estimate of drug-likeness (QED) is 0.835. The maximum atomic E-state index is 14.5. The first-order valence-corrected chi connectivity index (χ1v) is 9.72. The first-order chi connectivity index (χ1) is 13.1. The van der Waals surface area contributed by atoms with Gasteiger partial charge in [-0.2, -0.15) is 5.10 Å². The minimum atomic E-state index is -0.308. The van der Waals surface area contributed by atoms with Crippen LogP contribution in [0.1, 0.15) is 33.7 Å². The van der Waals surface area contributed by atoms with E-state index in [1.807, 2.05) is 13.0 Å². The zero-order valence-electron chi connectivity index (χ0n) is 15.7. The van der Waals surface area contributed by atoms with Crippen molar-refractivity contribution in [3.8, 4) is 5.69 Å². The summed E-state index contributed by atoms with van der Waals surface area (Å²) in [5.74, 6) is -0.465. The zero-order chi connectivity index (χ0) is 18.8. The van der Waals surface area contributed by atoms with Gasteiger partial charge < -0.3 is 10.6 Å². The lowest BCUT2D eigenvalue weighted by molar-refractivity contribution is 0.0941. The summed E-state index contributed by atoms with van der Waals surface area (Å²) in [5, 5.41) is 10.8. The number of aryl methyl sites for hydroxylation is 1. The maximum absolute atomic E-state index is 14.5. The molecule has 27 heavy (non-hydrogen) atoms. The molecule has 144 valence electrons. The molecule has 2 aromatic rings. The predicted molar refractivity (Wildman–Crippen MR) is 102 cm³/mol. The molecule has 1 aromatic carbocycles. The molecule has 0 unspecified atom stereocenters. The molecular weight excluding hydrogens is 345 g/mol. The van der Waals surface area contributed by atoms with Gasteiger partial charge in [0.05, 0.1) is 0 Å². The van der Waals surface area contributed by atoms with Crippen LogP contribution in [0.5, 0.6) is 0 Å². The number of hydrogen-bond donors (Lipinski definition) is 2. The number of nitrogens with one attached hydrogen (secondary N) is 2. The van der Waals surface area contributed by atoms with Crippen molar-refractivity contribution in [3.05, 3.63) is 46.5 Å². The molecule has 6 nitrogen and oxygen atoms in total. The molecule has 0 spiro atoms. The summed E-state index contributed by atoms with van der Waals surface area (Å²) in [7, 11) is 0. The topological polar surface area (TPSA) is 62.2 Å². The van der Waals surface area contributed by atoms with Crippen molar-refractivity contribution in [2.45, 2.75) is 26.2 Å². The summed E-state index contributed by atoms with van der Waals surface area (Å²) in [6, 6.07) is 5.11. The van der Waals surface area contributed by atoms with Crippen LogP contribution < -0.4 is 10.6 Å². The predicted octanol–water partition coefficient (Wildman–Crippen LogP) is 1.44. The van der Waals surface area contributed by atoms with Gasteiger partial charge in [-0.05, 0) is 43.9 Å². The number of benzene rings is 1. The van der Waals surface area contributed by atoms with Crippen LogP contribution in [0.4, 0.5) is 4.39 Å². The van der Waals surface area contributed by atoms with Crippen molar-refractivity contribution in [3.63, 3.8) is 0 Å². The number of amides is 1. The Balaban J connectivity index is 1.50. The number of nitrogens with zero attached hydrogens (tertiary/aromatic N) is 3. The monoisotopic (exact) mass is 371 g/mol. The Morgan fingerprint density at radius 3 is 2.89 bits per heavy atom. The third-order valence-corrected chi connectivity index (χ3v) is 5.40. The highest BCUT2D eigenvalue weighted by Gasteiger charge is 2.27. The average molecular weight is 371 g/mol. The Hall–Kier alpha value is -2.25. The van der Waals surface area contributed by atoms with Crippen molar-refractivity contribution in [2.24, 2.45) is 0 Å². The number of piperazine rings is 1. The van der Waals surface area contributed by atoms with Gasteiger partial charge in [0.25, 0.3) is 5.91 Å². The van der Waals surface area contributed by atoms with Gasteiger partial charge in [-0.3, -0.25) is 9.69 Å². The highest BCUT2D eigenvalue weighted by atomic mass is 19.1. The van der Waals surface area contributed by atoms with E-state index in [2.05, 4.69) is 20.6 Å². The van der Waals surface area contributed by atoms with Gasteiger partial charge in [-0.1, -0.05) is 6.07 Å². The molecule has 1 aromatic heterocycles. The molecule has 0 atom stereocenters. The Morgan fingerprint density at radius 1 is 1.30 bits per heavy atom. The molecule has 0 saturated carbocycles. The Kier molecular flexibility index (Phi) is 5.22. The van der Waals surface area contributed by atoms with E-state index in [0.717, 1.165) is 68.8 Å². The van der Waals surface area contributed by atoms with E-state index in [1.54, 1.807) is 10.7 Å². The molecule has 1 aliphatic heterocycles. The second-order valence-electron chi connectivity index (χ2n) is 7.34. The standard InChI is InChI=1S/C20H26FN5O/c1-14-5-6-18(16(21)13-14)26-17-4-2-3-15(17)19(24-26)20(27)23-9-12-25-10-7-22-8-11-25/h5-6,13,22H,2-4,7-12H2,1H3,(H,23,27). The van der Waals surface area contributed by atoms with Gasteiger partial charge in [0, 0.05) is 50.5 Å². The Labute approximate surface area is 158 Å². The molecule has 7 heteroatoms. The van der Waals surface area contributed by atoms with Crippen LogP contribution in [0, 0.1) is 12.7 Å². The first-order valence-electron chi connectivity index (χ1n) is 9.72. The lowest BCUT2D eigenvalue weighted by Gasteiger charge is -2.27. The van der Waals surface area contributed by atoms with E-state index in [4.69, 9.17) is 0 Å². The largest absolute Gasteiger partial charge is 0.349 e. The number of carbonyl (C=O) groups is 1. The first kappa shape index (κ1) is 18.1. The Bertz CT molecular complexity index is 841. The molecule has 0 radical (unpaired) electrons. The fourth-order valence-electron chi connectivity index (χ4n) is 3.95. The van der Waals surface area contributed by atoms with E-state index in [0.29, 0.717) is 17.9 Å². The van der Waals surface area contributed by atoms with Crippen LogP contribution in [0.25, 0.3) is 5.69 Å². The summed E-state index contributed by atoms with van der Waals surface area (Å²) in [6.45, 7) is 7.29. The third-order valence-electron chi connectivity index (χ3n) is 5.40. The fraction of sp³-hybridized carbons (Fsp3) is 0.500. The number of hydrogen-bond acceptors (Lipinski definition) is 4. The van der Waals surface area contributed by atoms with Crippen LogP contribution in [-0.2, 0) is 12.8 Å². The average Bonchev–Trinajstić information content (AvgIpc) is 3.26. The molecule has 1 fully saturated rings. The lowest BCUT2D eigenvalue weighted by atomic mass is 10.2. The van der Waals surface area contributed by atoms with E-state index >= 15 is 0 Å². The van der Waals surface area contributed by atoms with Crippen molar-refractivity contribution in [1.82, 2.24) is 25.3 Å². The number of aromatic nitrogens is 2. The molecule has 1 amide bonds. The number of rotatable bonds is 5. The van der Waals surface area contributed by atoms with Crippen LogP contribution in [0.3, 0.4) is 0 Å². The van der Waals surface area contributed by atoms with Crippen molar-refractivity contribution >= 4 is 5.91 Å². The highest BCUT2D eigenvalue weighted by Crippen LogP contribution is 2.28. The smallest absolute Gasteiger partial charge is 0.272 e. The lowest BCUT2D eigenvalue weighted by Crippen LogP contribution is -2.46. The molecule has 2 heterocycles. The van der Waals surface area contributed by atoms with E-state index in [9.17, 15) is 9.18 Å². The molecule has 1 aliphatic carbocycles. The SMILES string of the molecule is Cc1ccc(-n2nc(C(=O)NCCN3CCNCC3)c3c2CCC3)c(F)c1. The van der Waals surface area contributed by atoms with Gasteiger partial charge in [0.2, 0.25) is 0 Å². The van der Waals surface area contributed by atoms with Gasteiger partial charge in [0.1, 0.15) is 11.5 Å². The molecular formula is C20H26FN5O. The fourth-order valence-corrected chi connectivity index (χ4v) is 3.95.